The van der Waals surface area contributed by atoms with Gasteiger partial charge in [-0.3, -0.25) is 4.79 Å². The SMILES string of the molecule is CCC(O)C1CCN(C(=O)C2CC2)CC1. The molecule has 1 atom stereocenters. The topological polar surface area (TPSA) is 40.5 Å². The van der Waals surface area contributed by atoms with Crippen LogP contribution in [0.2, 0.25) is 0 Å². The minimum atomic E-state index is -0.164. The van der Waals surface area contributed by atoms with Crippen LogP contribution in [0.25, 0.3) is 0 Å². The predicted molar refractivity (Wildman–Crippen MR) is 58.3 cm³/mol. The molecule has 1 saturated heterocycles. The highest BCUT2D eigenvalue weighted by Gasteiger charge is 2.35. The number of piperidine rings is 1. The second-order valence-electron chi connectivity index (χ2n) is 4.91. The molecule has 0 bridgehead atoms. The molecule has 0 aromatic heterocycles. The quantitative estimate of drug-likeness (QED) is 0.766. The molecule has 0 spiro atoms. The number of amides is 1. The molecular weight excluding hydrogens is 190 g/mol. The number of hydrogen-bond donors (Lipinski definition) is 1. The first-order valence-corrected chi connectivity index (χ1v) is 6.19. The van der Waals surface area contributed by atoms with Crippen LogP contribution in [0.1, 0.15) is 39.0 Å². The van der Waals surface area contributed by atoms with Gasteiger partial charge in [0.25, 0.3) is 0 Å². The Hall–Kier alpha value is -0.570. The van der Waals surface area contributed by atoms with Crippen molar-refractivity contribution in [3.05, 3.63) is 0 Å². The molecular formula is C12H21NO2. The van der Waals surface area contributed by atoms with Gasteiger partial charge in [0.05, 0.1) is 6.10 Å². The van der Waals surface area contributed by atoms with Crippen LogP contribution in [-0.4, -0.2) is 35.1 Å². The Bertz CT molecular complexity index is 230. The first-order valence-electron chi connectivity index (χ1n) is 6.19. The van der Waals surface area contributed by atoms with Crippen molar-refractivity contribution in [2.45, 2.75) is 45.1 Å². The van der Waals surface area contributed by atoms with Crippen LogP contribution in [0.15, 0.2) is 0 Å². The Morgan fingerprint density at radius 1 is 1.33 bits per heavy atom. The third kappa shape index (κ3) is 2.51. The van der Waals surface area contributed by atoms with Crippen molar-refractivity contribution in [3.63, 3.8) is 0 Å². The molecule has 1 N–H and O–H groups in total. The van der Waals surface area contributed by atoms with E-state index in [9.17, 15) is 9.90 Å². The fourth-order valence-corrected chi connectivity index (χ4v) is 2.43. The van der Waals surface area contributed by atoms with Gasteiger partial charge in [0.2, 0.25) is 5.91 Å². The second-order valence-corrected chi connectivity index (χ2v) is 4.91. The van der Waals surface area contributed by atoms with E-state index >= 15 is 0 Å². The summed E-state index contributed by atoms with van der Waals surface area (Å²) in [5.41, 5.74) is 0. The Balaban J connectivity index is 1.78. The van der Waals surface area contributed by atoms with Crippen molar-refractivity contribution < 1.29 is 9.90 Å². The molecule has 1 aliphatic heterocycles. The Morgan fingerprint density at radius 3 is 2.40 bits per heavy atom. The Labute approximate surface area is 91.5 Å². The van der Waals surface area contributed by atoms with Crippen molar-refractivity contribution in [1.82, 2.24) is 4.90 Å². The number of aliphatic hydroxyl groups excluding tert-OH is 1. The summed E-state index contributed by atoms with van der Waals surface area (Å²) in [5, 5.41) is 9.73. The lowest BCUT2D eigenvalue weighted by molar-refractivity contribution is -0.134. The minimum absolute atomic E-state index is 0.164. The second kappa shape index (κ2) is 4.52. The maximum absolute atomic E-state index is 11.8. The van der Waals surface area contributed by atoms with Gasteiger partial charge in [0, 0.05) is 19.0 Å². The normalized spacial score (nSPS) is 25.3. The van der Waals surface area contributed by atoms with Gasteiger partial charge in [-0.05, 0) is 38.0 Å². The first kappa shape index (κ1) is 10.9. The summed E-state index contributed by atoms with van der Waals surface area (Å²) in [6.45, 7) is 3.74. The summed E-state index contributed by atoms with van der Waals surface area (Å²) in [5.74, 6) is 1.12. The maximum atomic E-state index is 11.8. The summed E-state index contributed by atoms with van der Waals surface area (Å²) >= 11 is 0. The fraction of sp³-hybridized carbons (Fsp3) is 0.917. The highest BCUT2D eigenvalue weighted by Crippen LogP contribution is 2.33. The van der Waals surface area contributed by atoms with E-state index in [0.29, 0.717) is 17.7 Å². The van der Waals surface area contributed by atoms with Crippen LogP contribution < -0.4 is 0 Å². The van der Waals surface area contributed by atoms with E-state index in [1.807, 2.05) is 11.8 Å². The summed E-state index contributed by atoms with van der Waals surface area (Å²) in [4.78, 5) is 13.8. The lowest BCUT2D eigenvalue weighted by Crippen LogP contribution is -2.41. The van der Waals surface area contributed by atoms with Crippen molar-refractivity contribution in [3.8, 4) is 0 Å². The van der Waals surface area contributed by atoms with Gasteiger partial charge in [-0.15, -0.1) is 0 Å². The summed E-state index contributed by atoms with van der Waals surface area (Å²) in [7, 11) is 0. The van der Waals surface area contributed by atoms with E-state index in [-0.39, 0.29) is 6.10 Å². The Kier molecular flexibility index (Phi) is 3.29. The van der Waals surface area contributed by atoms with E-state index in [4.69, 9.17) is 0 Å². The molecule has 1 aliphatic carbocycles. The molecule has 86 valence electrons. The molecule has 1 heterocycles. The molecule has 15 heavy (non-hydrogen) atoms. The average Bonchev–Trinajstić information content (AvgIpc) is 3.11. The third-order valence-electron chi connectivity index (χ3n) is 3.74. The van der Waals surface area contributed by atoms with Crippen LogP contribution in [0.3, 0.4) is 0 Å². The molecule has 2 fully saturated rings. The molecule has 0 aromatic carbocycles. The van der Waals surface area contributed by atoms with Gasteiger partial charge < -0.3 is 10.0 Å². The van der Waals surface area contributed by atoms with E-state index in [1.54, 1.807) is 0 Å². The van der Waals surface area contributed by atoms with E-state index in [1.165, 1.54) is 0 Å². The molecule has 1 unspecified atom stereocenters. The zero-order chi connectivity index (χ0) is 10.8. The zero-order valence-electron chi connectivity index (χ0n) is 9.48. The molecule has 2 rings (SSSR count). The maximum Gasteiger partial charge on any atom is 0.225 e. The van der Waals surface area contributed by atoms with Crippen LogP contribution in [-0.2, 0) is 4.79 Å². The van der Waals surface area contributed by atoms with Gasteiger partial charge in [-0.1, -0.05) is 6.92 Å². The Morgan fingerprint density at radius 2 is 1.93 bits per heavy atom. The van der Waals surface area contributed by atoms with Gasteiger partial charge in [0.1, 0.15) is 0 Å². The van der Waals surface area contributed by atoms with E-state index in [2.05, 4.69) is 0 Å². The minimum Gasteiger partial charge on any atom is -0.393 e. The highest BCUT2D eigenvalue weighted by atomic mass is 16.3. The van der Waals surface area contributed by atoms with Crippen molar-refractivity contribution in [1.29, 1.82) is 0 Å². The van der Waals surface area contributed by atoms with Gasteiger partial charge in [-0.25, -0.2) is 0 Å². The number of aliphatic hydroxyl groups is 1. The van der Waals surface area contributed by atoms with Crippen molar-refractivity contribution in [2.75, 3.05) is 13.1 Å². The van der Waals surface area contributed by atoms with Crippen molar-refractivity contribution in [2.24, 2.45) is 11.8 Å². The summed E-state index contributed by atoms with van der Waals surface area (Å²) in [6, 6.07) is 0. The predicted octanol–water partition coefficient (Wildman–Crippen LogP) is 1.41. The van der Waals surface area contributed by atoms with E-state index < -0.39 is 0 Å². The van der Waals surface area contributed by atoms with Crippen LogP contribution in [0.4, 0.5) is 0 Å². The molecule has 2 aliphatic rings. The number of hydrogen-bond acceptors (Lipinski definition) is 2. The fourth-order valence-electron chi connectivity index (χ4n) is 2.43. The number of likely N-dealkylation sites (tertiary alicyclic amines) is 1. The summed E-state index contributed by atoms with van der Waals surface area (Å²) in [6.07, 6.45) is 4.82. The largest absolute Gasteiger partial charge is 0.393 e. The summed E-state index contributed by atoms with van der Waals surface area (Å²) < 4.78 is 0. The van der Waals surface area contributed by atoms with Gasteiger partial charge in [-0.2, -0.15) is 0 Å². The first-order chi connectivity index (χ1) is 7.22. The molecule has 1 amide bonds. The van der Waals surface area contributed by atoms with Gasteiger partial charge >= 0.3 is 0 Å². The van der Waals surface area contributed by atoms with Crippen LogP contribution >= 0.6 is 0 Å². The zero-order valence-corrected chi connectivity index (χ0v) is 9.48. The molecule has 3 nitrogen and oxygen atoms in total. The number of carbonyl (C=O) groups is 1. The third-order valence-corrected chi connectivity index (χ3v) is 3.74. The monoisotopic (exact) mass is 211 g/mol. The number of carbonyl (C=O) groups excluding carboxylic acids is 1. The van der Waals surface area contributed by atoms with Gasteiger partial charge in [0.15, 0.2) is 0 Å². The molecule has 1 saturated carbocycles. The van der Waals surface area contributed by atoms with Crippen molar-refractivity contribution >= 4 is 5.91 Å². The lowest BCUT2D eigenvalue weighted by atomic mass is 9.90. The highest BCUT2D eigenvalue weighted by molar-refractivity contribution is 5.81. The molecule has 0 radical (unpaired) electrons. The lowest BCUT2D eigenvalue weighted by Gasteiger charge is -2.34. The molecule has 0 aromatic rings. The number of rotatable bonds is 3. The number of nitrogens with zero attached hydrogens (tertiary/aromatic N) is 1. The van der Waals surface area contributed by atoms with Crippen LogP contribution in [0.5, 0.6) is 0 Å². The van der Waals surface area contributed by atoms with Crippen LogP contribution in [0, 0.1) is 11.8 Å². The smallest absolute Gasteiger partial charge is 0.225 e. The standard InChI is InChI=1S/C12H21NO2/c1-2-11(14)9-5-7-13(8-6-9)12(15)10-3-4-10/h9-11,14H,2-8H2,1H3. The van der Waals surface area contributed by atoms with E-state index in [0.717, 1.165) is 45.2 Å². The average molecular weight is 211 g/mol. The molecule has 3 heteroatoms.